The van der Waals surface area contributed by atoms with E-state index in [-0.39, 0.29) is 23.7 Å². The van der Waals surface area contributed by atoms with Crippen LogP contribution in [0.2, 0.25) is 0 Å². The number of carbonyl (C=O) groups excluding carboxylic acids is 1. The Morgan fingerprint density at radius 2 is 1.89 bits per heavy atom. The monoisotopic (exact) mass is 260 g/mol. The predicted molar refractivity (Wildman–Crippen MR) is 68.4 cm³/mol. The van der Waals surface area contributed by atoms with Crippen LogP contribution in [0.3, 0.4) is 0 Å². The lowest BCUT2D eigenvalue weighted by Crippen LogP contribution is -2.06. The molecule has 1 N–H and O–H groups in total. The van der Waals surface area contributed by atoms with Gasteiger partial charge < -0.3 is 9.84 Å². The highest BCUT2D eigenvalue weighted by Crippen LogP contribution is 2.22. The minimum absolute atomic E-state index is 0.0342. The van der Waals surface area contributed by atoms with Crippen LogP contribution in [0.4, 0.5) is 4.39 Å². The maximum atomic E-state index is 12.7. The third kappa shape index (κ3) is 3.10. The van der Waals surface area contributed by atoms with E-state index < -0.39 is 5.97 Å². The fraction of sp³-hybridized carbons (Fsp3) is 0.133. The standard InChI is InChI=1S/C15H13FO3/c1-10-3-2-4-13(14(10)17)15(18)19-9-11-5-7-12(16)8-6-11/h2-8,17H,9H2,1H3. The number of halogens is 1. The van der Waals surface area contributed by atoms with E-state index in [0.29, 0.717) is 11.1 Å². The second kappa shape index (κ2) is 5.52. The van der Waals surface area contributed by atoms with Crippen molar-refractivity contribution in [1.82, 2.24) is 0 Å². The predicted octanol–water partition coefficient (Wildman–Crippen LogP) is 3.20. The van der Waals surface area contributed by atoms with Crippen LogP contribution >= 0.6 is 0 Å². The van der Waals surface area contributed by atoms with E-state index in [2.05, 4.69) is 0 Å². The number of phenolic OH excluding ortho intramolecular Hbond substituents is 1. The second-order valence-corrected chi connectivity index (χ2v) is 4.17. The van der Waals surface area contributed by atoms with E-state index in [1.807, 2.05) is 0 Å². The van der Waals surface area contributed by atoms with Gasteiger partial charge in [-0.15, -0.1) is 0 Å². The molecule has 0 spiro atoms. The first-order valence-corrected chi connectivity index (χ1v) is 5.78. The number of aryl methyl sites for hydroxylation is 1. The molecule has 2 rings (SSSR count). The zero-order valence-electron chi connectivity index (χ0n) is 10.4. The maximum Gasteiger partial charge on any atom is 0.342 e. The van der Waals surface area contributed by atoms with Crippen molar-refractivity contribution in [3.8, 4) is 5.75 Å². The molecule has 0 atom stereocenters. The van der Waals surface area contributed by atoms with E-state index >= 15 is 0 Å². The van der Waals surface area contributed by atoms with Gasteiger partial charge in [0.15, 0.2) is 0 Å². The van der Waals surface area contributed by atoms with Crippen molar-refractivity contribution in [1.29, 1.82) is 0 Å². The second-order valence-electron chi connectivity index (χ2n) is 4.17. The molecule has 0 unspecified atom stereocenters. The summed E-state index contributed by atoms with van der Waals surface area (Å²) in [5.41, 5.74) is 1.42. The van der Waals surface area contributed by atoms with Gasteiger partial charge in [-0.3, -0.25) is 0 Å². The summed E-state index contributed by atoms with van der Waals surface area (Å²) >= 11 is 0. The number of aromatic hydroxyl groups is 1. The summed E-state index contributed by atoms with van der Waals surface area (Å²) in [7, 11) is 0. The molecule has 0 amide bonds. The fourth-order valence-corrected chi connectivity index (χ4v) is 1.63. The van der Waals surface area contributed by atoms with Crippen LogP contribution < -0.4 is 0 Å². The van der Waals surface area contributed by atoms with E-state index in [0.717, 1.165) is 0 Å². The minimum atomic E-state index is -0.606. The summed E-state index contributed by atoms with van der Waals surface area (Å²) in [6.45, 7) is 1.73. The average molecular weight is 260 g/mol. The van der Waals surface area contributed by atoms with Crippen LogP contribution in [0.25, 0.3) is 0 Å². The Kier molecular flexibility index (Phi) is 3.80. The molecule has 98 valence electrons. The number of carbonyl (C=O) groups is 1. The van der Waals surface area contributed by atoms with Crippen LogP contribution in [0.1, 0.15) is 21.5 Å². The molecule has 3 nitrogen and oxygen atoms in total. The molecule has 0 heterocycles. The summed E-state index contributed by atoms with van der Waals surface area (Å²) in [6, 6.07) is 10.5. The molecular weight excluding hydrogens is 247 g/mol. The van der Waals surface area contributed by atoms with Crippen LogP contribution in [-0.2, 0) is 11.3 Å². The van der Waals surface area contributed by atoms with Gasteiger partial charge in [0.25, 0.3) is 0 Å². The van der Waals surface area contributed by atoms with Crippen LogP contribution in [0.15, 0.2) is 42.5 Å². The molecular formula is C15H13FO3. The Balaban J connectivity index is 2.05. The highest BCUT2D eigenvalue weighted by Gasteiger charge is 2.13. The highest BCUT2D eigenvalue weighted by molar-refractivity contribution is 5.92. The normalized spacial score (nSPS) is 10.2. The van der Waals surface area contributed by atoms with Crippen LogP contribution in [0, 0.1) is 12.7 Å². The first-order chi connectivity index (χ1) is 9.08. The van der Waals surface area contributed by atoms with Crippen molar-refractivity contribution >= 4 is 5.97 Å². The number of para-hydroxylation sites is 1. The molecule has 0 aliphatic rings. The van der Waals surface area contributed by atoms with Gasteiger partial charge in [-0.2, -0.15) is 0 Å². The van der Waals surface area contributed by atoms with Crippen molar-refractivity contribution in [2.45, 2.75) is 13.5 Å². The van der Waals surface area contributed by atoms with Gasteiger partial charge in [0.05, 0.1) is 0 Å². The smallest absolute Gasteiger partial charge is 0.342 e. The van der Waals surface area contributed by atoms with Crippen molar-refractivity contribution in [3.63, 3.8) is 0 Å². The number of phenols is 1. The largest absolute Gasteiger partial charge is 0.507 e. The molecule has 4 heteroatoms. The summed E-state index contributed by atoms with van der Waals surface area (Å²) in [5, 5.41) is 9.75. The Bertz CT molecular complexity index is 591. The molecule has 0 saturated heterocycles. The molecule has 0 saturated carbocycles. The summed E-state index contributed by atoms with van der Waals surface area (Å²) in [4.78, 5) is 11.8. The minimum Gasteiger partial charge on any atom is -0.507 e. The van der Waals surface area contributed by atoms with E-state index in [4.69, 9.17) is 4.74 Å². The van der Waals surface area contributed by atoms with Gasteiger partial charge in [0.2, 0.25) is 0 Å². The summed E-state index contributed by atoms with van der Waals surface area (Å²) < 4.78 is 17.8. The molecule has 2 aromatic rings. The Morgan fingerprint density at radius 3 is 2.58 bits per heavy atom. The number of hydrogen-bond donors (Lipinski definition) is 1. The molecule has 0 aliphatic heterocycles. The van der Waals surface area contributed by atoms with Crippen molar-refractivity contribution in [2.24, 2.45) is 0 Å². The van der Waals surface area contributed by atoms with Gasteiger partial charge in [0.1, 0.15) is 23.7 Å². The Labute approximate surface area is 110 Å². The van der Waals surface area contributed by atoms with Gasteiger partial charge in [-0.25, -0.2) is 9.18 Å². The maximum absolute atomic E-state index is 12.7. The molecule has 0 aliphatic carbocycles. The van der Waals surface area contributed by atoms with E-state index in [9.17, 15) is 14.3 Å². The average Bonchev–Trinajstić information content (AvgIpc) is 2.41. The highest BCUT2D eigenvalue weighted by atomic mass is 19.1. The number of ether oxygens (including phenoxy) is 1. The third-order valence-electron chi connectivity index (χ3n) is 2.74. The number of hydrogen-bond acceptors (Lipinski definition) is 3. The van der Waals surface area contributed by atoms with Gasteiger partial charge in [0, 0.05) is 0 Å². The lowest BCUT2D eigenvalue weighted by molar-refractivity contribution is 0.0469. The third-order valence-corrected chi connectivity index (χ3v) is 2.74. The zero-order valence-corrected chi connectivity index (χ0v) is 10.4. The first-order valence-electron chi connectivity index (χ1n) is 5.78. The molecule has 19 heavy (non-hydrogen) atoms. The number of esters is 1. The quantitative estimate of drug-likeness (QED) is 0.862. The van der Waals surface area contributed by atoms with Crippen molar-refractivity contribution in [2.75, 3.05) is 0 Å². The van der Waals surface area contributed by atoms with E-state index in [1.165, 1.54) is 18.2 Å². The molecule has 0 aromatic heterocycles. The van der Waals surface area contributed by atoms with E-state index in [1.54, 1.807) is 31.2 Å². The van der Waals surface area contributed by atoms with Gasteiger partial charge >= 0.3 is 5.97 Å². The molecule has 0 radical (unpaired) electrons. The van der Waals surface area contributed by atoms with Crippen LogP contribution in [-0.4, -0.2) is 11.1 Å². The number of rotatable bonds is 3. The lowest BCUT2D eigenvalue weighted by atomic mass is 10.1. The van der Waals surface area contributed by atoms with Crippen LogP contribution in [0.5, 0.6) is 5.75 Å². The van der Waals surface area contributed by atoms with Crippen molar-refractivity contribution in [3.05, 3.63) is 65.0 Å². The topological polar surface area (TPSA) is 46.5 Å². The molecule has 0 bridgehead atoms. The molecule has 0 fully saturated rings. The van der Waals surface area contributed by atoms with Gasteiger partial charge in [-0.05, 0) is 36.2 Å². The SMILES string of the molecule is Cc1cccc(C(=O)OCc2ccc(F)cc2)c1O. The lowest BCUT2D eigenvalue weighted by Gasteiger charge is -2.07. The summed E-state index contributed by atoms with van der Waals surface area (Å²) in [6.07, 6.45) is 0. The Morgan fingerprint density at radius 1 is 1.21 bits per heavy atom. The summed E-state index contributed by atoms with van der Waals surface area (Å²) in [5.74, 6) is -1.02. The van der Waals surface area contributed by atoms with Crippen molar-refractivity contribution < 1.29 is 19.0 Å². The first kappa shape index (κ1) is 13.1. The number of benzene rings is 2. The Hall–Kier alpha value is -2.36. The van der Waals surface area contributed by atoms with Gasteiger partial charge in [-0.1, -0.05) is 24.3 Å². The molecule has 2 aromatic carbocycles. The fourth-order valence-electron chi connectivity index (χ4n) is 1.63. The zero-order chi connectivity index (χ0) is 13.8.